The van der Waals surface area contributed by atoms with E-state index in [-0.39, 0.29) is 16.9 Å². The molecule has 3 rings (SSSR count). The normalized spacial score (nSPS) is 12.3. The van der Waals surface area contributed by atoms with Gasteiger partial charge in [-0.25, -0.2) is 13.6 Å². The van der Waals surface area contributed by atoms with E-state index >= 15 is 0 Å². The second kappa shape index (κ2) is 7.75. The van der Waals surface area contributed by atoms with Gasteiger partial charge in [0.2, 0.25) is 5.91 Å². The number of halogens is 2. The summed E-state index contributed by atoms with van der Waals surface area (Å²) in [5.74, 6) is -2.34. The zero-order chi connectivity index (χ0) is 20.4. The minimum absolute atomic E-state index is 0.129. The van der Waals surface area contributed by atoms with Crippen LogP contribution in [-0.2, 0) is 11.3 Å². The molecular weight excluding hydrogens is 368 g/mol. The molecule has 0 aliphatic carbocycles. The topological polar surface area (TPSA) is 84.0 Å². The van der Waals surface area contributed by atoms with E-state index in [1.54, 1.807) is 38.1 Å². The number of hydrogen-bond donors (Lipinski definition) is 2. The number of nitrogens with one attached hydrogen (secondary N) is 2. The molecule has 28 heavy (non-hydrogen) atoms. The molecular formula is C20H19F2N3O3. The van der Waals surface area contributed by atoms with Crippen LogP contribution in [0.25, 0.3) is 10.9 Å². The number of carbonyl (C=O) groups excluding carboxylic acids is 1. The van der Waals surface area contributed by atoms with E-state index < -0.39 is 41.4 Å². The van der Waals surface area contributed by atoms with Gasteiger partial charge >= 0.3 is 5.69 Å². The summed E-state index contributed by atoms with van der Waals surface area (Å²) in [5.41, 5.74) is -0.802. The number of rotatable bonds is 5. The molecule has 0 aliphatic heterocycles. The minimum Gasteiger partial charge on any atom is -0.347 e. The summed E-state index contributed by atoms with van der Waals surface area (Å²) in [6.45, 7) is 3.01. The first-order valence-electron chi connectivity index (χ1n) is 8.74. The maximum atomic E-state index is 14.1. The van der Waals surface area contributed by atoms with Gasteiger partial charge in [-0.15, -0.1) is 0 Å². The molecule has 2 N–H and O–H groups in total. The predicted molar refractivity (Wildman–Crippen MR) is 101 cm³/mol. The lowest BCUT2D eigenvalue weighted by molar-refractivity contribution is -0.122. The van der Waals surface area contributed by atoms with Crippen molar-refractivity contribution in [3.63, 3.8) is 0 Å². The number of aromatic amines is 1. The summed E-state index contributed by atoms with van der Waals surface area (Å²) >= 11 is 0. The first-order chi connectivity index (χ1) is 13.3. The Labute approximate surface area is 158 Å². The molecule has 1 aromatic heterocycles. The first kappa shape index (κ1) is 19.5. The van der Waals surface area contributed by atoms with Gasteiger partial charge in [0.15, 0.2) is 0 Å². The quantitative estimate of drug-likeness (QED) is 0.706. The fraction of sp³-hybridized carbons (Fsp3) is 0.250. The maximum absolute atomic E-state index is 14.1. The first-order valence-corrected chi connectivity index (χ1v) is 8.74. The number of carbonyl (C=O) groups is 1. The fourth-order valence-corrected chi connectivity index (χ4v) is 3.06. The third kappa shape index (κ3) is 3.85. The van der Waals surface area contributed by atoms with Gasteiger partial charge in [-0.05, 0) is 24.1 Å². The van der Waals surface area contributed by atoms with Gasteiger partial charge in [-0.2, -0.15) is 0 Å². The van der Waals surface area contributed by atoms with E-state index in [1.807, 2.05) is 0 Å². The summed E-state index contributed by atoms with van der Waals surface area (Å²) in [6.07, 6.45) is 0. The summed E-state index contributed by atoms with van der Waals surface area (Å²) in [6, 6.07) is 8.85. The van der Waals surface area contributed by atoms with Crippen molar-refractivity contribution in [2.75, 3.05) is 0 Å². The molecule has 0 saturated carbocycles. The summed E-state index contributed by atoms with van der Waals surface area (Å²) in [5, 5.41) is 2.91. The molecule has 2 aromatic carbocycles. The molecule has 0 aliphatic rings. The van der Waals surface area contributed by atoms with Crippen molar-refractivity contribution in [1.82, 2.24) is 14.9 Å². The van der Waals surface area contributed by atoms with Crippen LogP contribution in [0.2, 0.25) is 0 Å². The van der Waals surface area contributed by atoms with E-state index in [9.17, 15) is 23.2 Å². The van der Waals surface area contributed by atoms with Crippen molar-refractivity contribution >= 4 is 16.8 Å². The minimum atomic E-state index is -0.778. The molecule has 1 amide bonds. The number of H-pyrrole nitrogens is 1. The molecule has 6 nitrogen and oxygen atoms in total. The SMILES string of the molecule is CC(C)[C@H](NC(=O)Cn1c(=O)[nH]c2ccccc2c1=O)c1ccc(F)cc1F. The Morgan fingerprint density at radius 2 is 1.86 bits per heavy atom. The molecule has 146 valence electrons. The molecule has 1 heterocycles. The Morgan fingerprint density at radius 1 is 1.14 bits per heavy atom. The van der Waals surface area contributed by atoms with Crippen molar-refractivity contribution < 1.29 is 13.6 Å². The van der Waals surface area contributed by atoms with Crippen LogP contribution in [0, 0.1) is 17.6 Å². The van der Waals surface area contributed by atoms with Gasteiger partial charge in [0.1, 0.15) is 18.2 Å². The average Bonchev–Trinajstić information content (AvgIpc) is 2.63. The van der Waals surface area contributed by atoms with Gasteiger partial charge in [0.25, 0.3) is 5.56 Å². The van der Waals surface area contributed by atoms with Gasteiger partial charge in [-0.1, -0.05) is 32.0 Å². The Hall–Kier alpha value is -3.29. The Kier molecular flexibility index (Phi) is 5.39. The van der Waals surface area contributed by atoms with Gasteiger partial charge in [-0.3, -0.25) is 14.2 Å². The van der Waals surface area contributed by atoms with E-state index in [2.05, 4.69) is 10.3 Å². The molecule has 0 spiro atoms. The highest BCUT2D eigenvalue weighted by Gasteiger charge is 2.22. The van der Waals surface area contributed by atoms with Gasteiger partial charge < -0.3 is 10.3 Å². The Morgan fingerprint density at radius 3 is 2.54 bits per heavy atom. The van der Waals surface area contributed by atoms with Gasteiger partial charge in [0, 0.05) is 11.6 Å². The zero-order valence-electron chi connectivity index (χ0n) is 15.3. The summed E-state index contributed by atoms with van der Waals surface area (Å²) < 4.78 is 28.1. The number of fused-ring (bicyclic) bond motifs is 1. The third-order valence-electron chi connectivity index (χ3n) is 4.47. The molecule has 0 bridgehead atoms. The van der Waals surface area contributed by atoms with E-state index in [0.717, 1.165) is 16.7 Å². The van der Waals surface area contributed by atoms with Crippen molar-refractivity contribution in [3.05, 3.63) is 80.5 Å². The lowest BCUT2D eigenvalue weighted by Crippen LogP contribution is -2.42. The van der Waals surface area contributed by atoms with E-state index in [1.165, 1.54) is 6.07 Å². The number of hydrogen-bond acceptors (Lipinski definition) is 3. The van der Waals surface area contributed by atoms with Crippen LogP contribution in [0.5, 0.6) is 0 Å². The molecule has 0 fully saturated rings. The average molecular weight is 387 g/mol. The van der Waals surface area contributed by atoms with Crippen LogP contribution in [0.4, 0.5) is 8.78 Å². The molecule has 8 heteroatoms. The van der Waals surface area contributed by atoms with Crippen molar-refractivity contribution in [2.24, 2.45) is 5.92 Å². The van der Waals surface area contributed by atoms with E-state index in [0.29, 0.717) is 5.52 Å². The maximum Gasteiger partial charge on any atom is 0.329 e. The smallest absolute Gasteiger partial charge is 0.329 e. The molecule has 0 radical (unpaired) electrons. The van der Waals surface area contributed by atoms with Gasteiger partial charge in [0.05, 0.1) is 16.9 Å². The zero-order valence-corrected chi connectivity index (χ0v) is 15.3. The Balaban J connectivity index is 1.89. The van der Waals surface area contributed by atoms with Crippen LogP contribution in [-0.4, -0.2) is 15.5 Å². The van der Waals surface area contributed by atoms with Crippen LogP contribution >= 0.6 is 0 Å². The number of benzene rings is 2. The van der Waals surface area contributed by atoms with Crippen LogP contribution in [0.15, 0.2) is 52.1 Å². The number of para-hydroxylation sites is 1. The number of amides is 1. The van der Waals surface area contributed by atoms with Crippen molar-refractivity contribution in [1.29, 1.82) is 0 Å². The number of nitrogens with zero attached hydrogens (tertiary/aromatic N) is 1. The van der Waals surface area contributed by atoms with Crippen LogP contribution in [0.1, 0.15) is 25.5 Å². The van der Waals surface area contributed by atoms with Crippen LogP contribution < -0.4 is 16.6 Å². The second-order valence-electron chi connectivity index (χ2n) is 6.82. The lowest BCUT2D eigenvalue weighted by atomic mass is 9.95. The fourth-order valence-electron chi connectivity index (χ4n) is 3.06. The highest BCUT2D eigenvalue weighted by atomic mass is 19.1. The van der Waals surface area contributed by atoms with Crippen molar-refractivity contribution in [3.8, 4) is 0 Å². The molecule has 0 unspecified atom stereocenters. The molecule has 1 atom stereocenters. The molecule has 0 saturated heterocycles. The highest BCUT2D eigenvalue weighted by Crippen LogP contribution is 2.24. The predicted octanol–water partition coefficient (Wildman–Crippen LogP) is 2.48. The summed E-state index contributed by atoms with van der Waals surface area (Å²) in [7, 11) is 0. The standard InChI is InChI=1S/C20H19F2N3O3/c1-11(2)18(13-8-7-12(21)9-15(13)22)24-17(26)10-25-19(27)14-5-3-4-6-16(14)23-20(25)28/h3-9,11,18H,10H2,1-2H3,(H,23,28)(H,24,26)/t18-/m0/s1. The van der Waals surface area contributed by atoms with Crippen LogP contribution in [0.3, 0.4) is 0 Å². The third-order valence-corrected chi connectivity index (χ3v) is 4.47. The number of aromatic nitrogens is 2. The highest BCUT2D eigenvalue weighted by molar-refractivity contribution is 5.79. The monoisotopic (exact) mass is 387 g/mol. The van der Waals surface area contributed by atoms with Crippen molar-refractivity contribution in [2.45, 2.75) is 26.4 Å². The largest absolute Gasteiger partial charge is 0.347 e. The molecule has 3 aromatic rings. The second-order valence-corrected chi connectivity index (χ2v) is 6.82. The lowest BCUT2D eigenvalue weighted by Gasteiger charge is -2.23. The van der Waals surface area contributed by atoms with E-state index in [4.69, 9.17) is 0 Å². The summed E-state index contributed by atoms with van der Waals surface area (Å²) in [4.78, 5) is 39.8. The Bertz CT molecular complexity index is 1150.